The Hall–Kier alpha value is -3.61. The van der Waals surface area contributed by atoms with Crippen molar-refractivity contribution in [3.8, 4) is 22.5 Å². The molecule has 1 radical (unpaired) electrons. The number of hydrogen-bond donors (Lipinski definition) is 0. The topological polar surface area (TPSA) is 38.9 Å². The Morgan fingerprint density at radius 1 is 0.739 bits per heavy atom. The van der Waals surface area contributed by atoms with E-state index in [2.05, 4.69) is 120 Å². The number of thiophene rings is 1. The quantitative estimate of drug-likeness (QED) is 0.131. The fourth-order valence-corrected chi connectivity index (χ4v) is 9.02. The molecule has 46 heavy (non-hydrogen) atoms. The van der Waals surface area contributed by atoms with Gasteiger partial charge >= 0.3 is 99.8 Å². The van der Waals surface area contributed by atoms with Gasteiger partial charge in [-0.1, -0.05) is 54.6 Å². The van der Waals surface area contributed by atoms with Crippen molar-refractivity contribution < 1.29 is 24.5 Å². The maximum Gasteiger partial charge on any atom is 0 e. The average Bonchev–Trinajstić information content (AvgIpc) is 3.63. The maximum absolute atomic E-state index is 6.40. The summed E-state index contributed by atoms with van der Waals surface area (Å²) in [5.41, 5.74) is 6.95. The summed E-state index contributed by atoms with van der Waals surface area (Å²) in [6.45, 7) is 4.39. The molecule has 3 nitrogen and oxygen atoms in total. The van der Waals surface area contributed by atoms with Gasteiger partial charge in [0.25, 0.3) is 0 Å². The monoisotopic (exact) mass is 857 g/mol. The molecule has 0 amide bonds. The van der Waals surface area contributed by atoms with E-state index in [-0.39, 0.29) is 20.1 Å². The van der Waals surface area contributed by atoms with Crippen molar-refractivity contribution in [1.82, 2.24) is 9.97 Å². The van der Waals surface area contributed by atoms with Gasteiger partial charge in [0.1, 0.15) is 5.58 Å². The van der Waals surface area contributed by atoms with E-state index in [1.54, 1.807) is 0 Å². The number of aromatic nitrogens is 2. The normalized spacial score (nSPS) is 11.6. The molecule has 0 spiro atoms. The second kappa shape index (κ2) is 13.2. The van der Waals surface area contributed by atoms with Crippen LogP contribution < -0.4 is 4.40 Å². The van der Waals surface area contributed by atoms with E-state index in [0.717, 1.165) is 39.1 Å². The summed E-state index contributed by atoms with van der Waals surface area (Å²) in [5, 5.41) is 4.88. The number of hydrogen-bond acceptors (Lipinski definition) is 4. The number of furan rings is 1. The smallest absolute Gasteiger partial charge is 0 e. The van der Waals surface area contributed by atoms with E-state index in [1.165, 1.54) is 35.5 Å². The van der Waals surface area contributed by atoms with Crippen LogP contribution in [0.5, 0.6) is 0 Å². The van der Waals surface area contributed by atoms with E-state index in [9.17, 15) is 0 Å². The third-order valence-corrected chi connectivity index (χ3v) is 13.6. The van der Waals surface area contributed by atoms with Crippen molar-refractivity contribution in [2.45, 2.75) is 37.0 Å². The van der Waals surface area contributed by atoms with Gasteiger partial charge in [-0.25, -0.2) is 0 Å². The van der Waals surface area contributed by atoms with Gasteiger partial charge in [-0.05, 0) is 35.9 Å². The summed E-state index contributed by atoms with van der Waals surface area (Å²) in [5.74, 6) is 7.59. The number of pyridine rings is 2. The van der Waals surface area contributed by atoms with Crippen LogP contribution in [0.3, 0.4) is 0 Å². The minimum absolute atomic E-state index is 0. The van der Waals surface area contributed by atoms with E-state index >= 15 is 0 Å². The molecule has 231 valence electrons. The van der Waals surface area contributed by atoms with E-state index in [0.29, 0.717) is 5.92 Å². The van der Waals surface area contributed by atoms with Crippen LogP contribution in [0.25, 0.3) is 64.6 Å². The zero-order valence-electron chi connectivity index (χ0n) is 26.5. The molecule has 0 atom stereocenters. The Bertz CT molecular complexity index is 2280. The first-order valence-electron chi connectivity index (χ1n) is 15.3. The van der Waals surface area contributed by atoms with Gasteiger partial charge in [-0.15, -0.1) is 29.5 Å². The van der Waals surface area contributed by atoms with Gasteiger partial charge in [0.2, 0.25) is 0 Å². The first kappa shape index (κ1) is 32.3. The molecule has 0 aliphatic rings. The third-order valence-electron chi connectivity index (χ3n) is 8.26. The predicted octanol–water partition coefficient (Wildman–Crippen LogP) is 11.0. The molecule has 4 aromatic carbocycles. The van der Waals surface area contributed by atoms with Crippen LogP contribution in [0.2, 0.25) is 17.3 Å². The molecule has 8 aromatic rings. The van der Waals surface area contributed by atoms with Gasteiger partial charge in [0.15, 0.2) is 0 Å². The van der Waals surface area contributed by atoms with Crippen molar-refractivity contribution >= 4 is 71.1 Å². The molecule has 0 saturated heterocycles. The zero-order valence-corrected chi connectivity index (χ0v) is 31.8. The first-order valence-corrected chi connectivity index (χ1v) is 23.5. The SMILES string of the molecule is CC(C)c1ccnc(-c2[c-]ccc3c2oc2ccc4sc5ccccc5c4c23)c1.[CH3][Ge]([CH3])([CH3])[c]1ccc(-c2[c-]cccc2)nc1.[Ir]. The molecule has 8 rings (SSSR count). The molecule has 0 aliphatic carbocycles. The fourth-order valence-electron chi connectivity index (χ4n) is 5.73. The van der Waals surface area contributed by atoms with Crippen molar-refractivity contribution in [2.75, 3.05) is 0 Å². The van der Waals surface area contributed by atoms with Crippen molar-refractivity contribution in [1.29, 1.82) is 0 Å². The van der Waals surface area contributed by atoms with Gasteiger partial charge in [-0.3, -0.25) is 0 Å². The minimum atomic E-state index is -1.72. The Morgan fingerprint density at radius 2 is 1.57 bits per heavy atom. The number of fused-ring (bicyclic) bond motifs is 7. The Kier molecular flexibility index (Phi) is 9.31. The Morgan fingerprint density at radius 3 is 2.30 bits per heavy atom. The standard InChI is InChI=1S/C26H18NOS.C14H16GeN.Ir/c1-15(2)16-12-13-27-20(14-16)17-7-5-8-19-24-21(28-26(17)19)10-11-23-25(24)18-6-3-4-9-22(18)29-23;1-15(2,3)13-9-10-14(16-11-13)12-7-5-4-6-8-12;/h3-6,8-15H,1-2H3;4-7,9-11H,1-3H3;/q2*-1;. The molecule has 0 N–H and O–H groups in total. The molecule has 0 unspecified atom stereocenters. The molecule has 4 aromatic heterocycles. The Labute approximate surface area is 290 Å². The van der Waals surface area contributed by atoms with Crippen molar-refractivity contribution in [3.63, 3.8) is 0 Å². The average molecular weight is 856 g/mol. The molecule has 6 heteroatoms. The van der Waals surface area contributed by atoms with Crippen LogP contribution in [0.4, 0.5) is 0 Å². The van der Waals surface area contributed by atoms with Crippen LogP contribution >= 0.6 is 11.3 Å². The van der Waals surface area contributed by atoms with Crippen molar-refractivity contribution in [2.24, 2.45) is 0 Å². The molecular formula is C40H34GeIrN2OS-2. The molecular weight excluding hydrogens is 821 g/mol. The maximum atomic E-state index is 6.40. The predicted molar refractivity (Wildman–Crippen MR) is 194 cm³/mol. The molecule has 0 bridgehead atoms. The largest absolute Gasteiger partial charge is 0 e. The second-order valence-electron chi connectivity index (χ2n) is 12.7. The van der Waals surface area contributed by atoms with Crippen LogP contribution in [0.1, 0.15) is 25.3 Å². The van der Waals surface area contributed by atoms with Crippen LogP contribution in [0.15, 0.2) is 114 Å². The summed E-state index contributed by atoms with van der Waals surface area (Å²) in [4.78, 5) is 9.16. The van der Waals surface area contributed by atoms with Gasteiger partial charge < -0.3 is 9.40 Å². The number of nitrogens with zero attached hydrogens (tertiary/aromatic N) is 2. The number of rotatable bonds is 4. The molecule has 4 heterocycles. The van der Waals surface area contributed by atoms with E-state index in [4.69, 9.17) is 4.42 Å². The summed E-state index contributed by atoms with van der Waals surface area (Å²) in [7, 11) is 0. The van der Waals surface area contributed by atoms with Gasteiger partial charge in [0, 0.05) is 51.9 Å². The summed E-state index contributed by atoms with van der Waals surface area (Å²) in [6, 6.07) is 40.1. The first-order chi connectivity index (χ1) is 21.8. The fraction of sp³-hybridized carbons (Fsp3) is 0.150. The van der Waals surface area contributed by atoms with Gasteiger partial charge in [-0.2, -0.15) is 0 Å². The molecule has 0 aliphatic heterocycles. The van der Waals surface area contributed by atoms with Crippen LogP contribution in [0, 0.1) is 12.1 Å². The minimum Gasteiger partial charge on any atom is 0 e. The van der Waals surface area contributed by atoms with Crippen molar-refractivity contribution in [3.05, 3.63) is 127 Å². The summed E-state index contributed by atoms with van der Waals surface area (Å²) >= 11 is 0.116. The number of benzene rings is 4. The van der Waals surface area contributed by atoms with Gasteiger partial charge in [0.05, 0.1) is 5.58 Å². The Balaban J connectivity index is 0.000000187. The molecule has 0 saturated carbocycles. The van der Waals surface area contributed by atoms with Crippen LogP contribution in [-0.2, 0) is 20.1 Å². The van der Waals surface area contributed by atoms with Crippen LogP contribution in [-0.4, -0.2) is 23.2 Å². The summed E-state index contributed by atoms with van der Waals surface area (Å²) in [6.07, 6.45) is 3.92. The van der Waals surface area contributed by atoms with E-state index in [1.807, 2.05) is 54.1 Å². The third kappa shape index (κ3) is 6.22. The molecule has 0 fully saturated rings. The zero-order chi connectivity index (χ0) is 31.1. The summed E-state index contributed by atoms with van der Waals surface area (Å²) < 4.78 is 10.4. The second-order valence-corrected chi connectivity index (χ2v) is 24.4. The van der Waals surface area contributed by atoms with E-state index < -0.39 is 13.3 Å².